The molecule has 0 fully saturated rings. The molecular formula is C17H16Cl2N2O2S. The molecule has 24 heavy (non-hydrogen) atoms. The third-order valence-electron chi connectivity index (χ3n) is 3.04. The molecule has 126 valence electrons. The highest BCUT2D eigenvalue weighted by molar-refractivity contribution is 8.00. The van der Waals surface area contributed by atoms with Crippen LogP contribution < -0.4 is 10.6 Å². The van der Waals surface area contributed by atoms with E-state index in [9.17, 15) is 9.59 Å². The van der Waals surface area contributed by atoms with Gasteiger partial charge in [0, 0.05) is 21.4 Å². The molecule has 0 unspecified atom stereocenters. The third kappa shape index (κ3) is 6.07. The number of benzene rings is 2. The number of anilines is 2. The summed E-state index contributed by atoms with van der Waals surface area (Å²) in [6, 6.07) is 12.2. The monoisotopic (exact) mass is 382 g/mol. The fraction of sp³-hybridized carbons (Fsp3) is 0.176. The molecule has 2 rings (SSSR count). The maximum absolute atomic E-state index is 11.9. The minimum Gasteiger partial charge on any atom is -0.325 e. The van der Waals surface area contributed by atoms with Crippen molar-refractivity contribution in [2.75, 3.05) is 22.1 Å². The Morgan fingerprint density at radius 2 is 1.62 bits per heavy atom. The second kappa shape index (κ2) is 8.97. The van der Waals surface area contributed by atoms with Gasteiger partial charge in [0.25, 0.3) is 0 Å². The van der Waals surface area contributed by atoms with Crippen LogP contribution >= 0.6 is 35.0 Å². The van der Waals surface area contributed by atoms with Gasteiger partial charge in [0.05, 0.1) is 11.5 Å². The number of halogens is 2. The molecule has 0 aliphatic rings. The number of carbonyl (C=O) groups is 2. The Kier molecular flexibility index (Phi) is 6.97. The fourth-order valence-corrected chi connectivity index (χ4v) is 2.99. The van der Waals surface area contributed by atoms with Crippen LogP contribution in [0.4, 0.5) is 11.4 Å². The average Bonchev–Trinajstić information content (AvgIpc) is 2.50. The van der Waals surface area contributed by atoms with Gasteiger partial charge in [-0.2, -0.15) is 0 Å². The molecule has 2 amide bonds. The summed E-state index contributed by atoms with van der Waals surface area (Å²) < 4.78 is 0. The first-order valence-corrected chi connectivity index (χ1v) is 9.04. The third-order valence-corrected chi connectivity index (χ3v) is 4.44. The molecule has 0 bridgehead atoms. The largest absolute Gasteiger partial charge is 0.325 e. The van der Waals surface area contributed by atoms with E-state index < -0.39 is 0 Å². The van der Waals surface area contributed by atoms with Gasteiger partial charge in [0.2, 0.25) is 11.8 Å². The van der Waals surface area contributed by atoms with Crippen molar-refractivity contribution in [3.8, 4) is 0 Å². The number of amides is 2. The Morgan fingerprint density at radius 3 is 2.29 bits per heavy atom. The highest BCUT2D eigenvalue weighted by Crippen LogP contribution is 2.20. The van der Waals surface area contributed by atoms with Crippen LogP contribution in [0.5, 0.6) is 0 Å². The van der Waals surface area contributed by atoms with E-state index in [0.29, 0.717) is 21.4 Å². The van der Waals surface area contributed by atoms with Gasteiger partial charge in [-0.15, -0.1) is 11.8 Å². The van der Waals surface area contributed by atoms with E-state index in [1.165, 1.54) is 11.8 Å². The van der Waals surface area contributed by atoms with Gasteiger partial charge in [-0.05, 0) is 48.9 Å². The molecule has 0 saturated heterocycles. The summed E-state index contributed by atoms with van der Waals surface area (Å²) in [5.41, 5.74) is 2.24. The predicted molar refractivity (Wildman–Crippen MR) is 102 cm³/mol. The van der Waals surface area contributed by atoms with Crippen molar-refractivity contribution in [3.05, 3.63) is 58.1 Å². The van der Waals surface area contributed by atoms with Crippen LogP contribution in [0.25, 0.3) is 0 Å². The highest BCUT2D eigenvalue weighted by Gasteiger charge is 2.08. The Hall–Kier alpha value is -1.69. The summed E-state index contributed by atoms with van der Waals surface area (Å²) in [6.07, 6.45) is 0. The van der Waals surface area contributed by atoms with Crippen LogP contribution in [0, 0.1) is 6.92 Å². The maximum atomic E-state index is 11.9. The molecule has 0 atom stereocenters. The Balaban J connectivity index is 1.75. The minimum absolute atomic E-state index is 0.166. The zero-order valence-corrected chi connectivity index (χ0v) is 15.3. The number of carbonyl (C=O) groups excluding carboxylic acids is 2. The SMILES string of the molecule is Cc1cc(Cl)ccc1NC(=O)CSCC(=O)Nc1cccc(Cl)c1. The standard InChI is InChI=1S/C17H16Cl2N2O2S/c1-11-7-13(19)5-6-15(11)21-17(23)10-24-9-16(22)20-14-4-2-3-12(18)8-14/h2-8H,9-10H2,1H3,(H,20,22)(H,21,23). The summed E-state index contributed by atoms with van der Waals surface area (Å²) in [4.78, 5) is 23.8. The van der Waals surface area contributed by atoms with E-state index in [0.717, 1.165) is 5.56 Å². The molecule has 0 aliphatic carbocycles. The Morgan fingerprint density at radius 1 is 0.958 bits per heavy atom. The highest BCUT2D eigenvalue weighted by atomic mass is 35.5. The second-order valence-corrected chi connectivity index (χ2v) is 6.92. The van der Waals surface area contributed by atoms with E-state index in [4.69, 9.17) is 23.2 Å². The minimum atomic E-state index is -0.183. The zero-order valence-electron chi connectivity index (χ0n) is 12.9. The first-order valence-electron chi connectivity index (χ1n) is 7.13. The lowest BCUT2D eigenvalue weighted by atomic mass is 10.2. The fourth-order valence-electron chi connectivity index (χ4n) is 1.95. The van der Waals surface area contributed by atoms with Crippen molar-refractivity contribution in [1.82, 2.24) is 0 Å². The maximum Gasteiger partial charge on any atom is 0.234 e. The number of nitrogens with one attached hydrogen (secondary N) is 2. The number of rotatable bonds is 6. The topological polar surface area (TPSA) is 58.2 Å². The van der Waals surface area contributed by atoms with E-state index in [-0.39, 0.29) is 23.3 Å². The molecule has 0 saturated carbocycles. The number of hydrogen-bond donors (Lipinski definition) is 2. The summed E-state index contributed by atoms with van der Waals surface area (Å²) >= 11 is 13.0. The molecule has 2 N–H and O–H groups in total. The van der Waals surface area contributed by atoms with E-state index in [1.54, 1.807) is 42.5 Å². The van der Waals surface area contributed by atoms with Gasteiger partial charge in [0.1, 0.15) is 0 Å². The first kappa shape index (κ1) is 18.6. The van der Waals surface area contributed by atoms with Gasteiger partial charge < -0.3 is 10.6 Å². The van der Waals surface area contributed by atoms with Crippen molar-refractivity contribution in [2.24, 2.45) is 0 Å². The van der Waals surface area contributed by atoms with Crippen molar-refractivity contribution in [2.45, 2.75) is 6.92 Å². The molecular weight excluding hydrogens is 367 g/mol. The number of thioether (sulfide) groups is 1. The zero-order chi connectivity index (χ0) is 17.5. The molecule has 7 heteroatoms. The van der Waals surface area contributed by atoms with Crippen molar-refractivity contribution >= 4 is 58.2 Å². The molecule has 0 radical (unpaired) electrons. The van der Waals surface area contributed by atoms with Crippen LogP contribution in [0.1, 0.15) is 5.56 Å². The second-order valence-electron chi connectivity index (χ2n) is 5.06. The Bertz CT molecular complexity index is 753. The van der Waals surface area contributed by atoms with Crippen LogP contribution in [-0.2, 0) is 9.59 Å². The summed E-state index contributed by atoms with van der Waals surface area (Å²) in [7, 11) is 0. The molecule has 0 spiro atoms. The van der Waals surface area contributed by atoms with Crippen molar-refractivity contribution < 1.29 is 9.59 Å². The number of hydrogen-bond acceptors (Lipinski definition) is 3. The van der Waals surface area contributed by atoms with E-state index in [2.05, 4.69) is 10.6 Å². The van der Waals surface area contributed by atoms with E-state index >= 15 is 0 Å². The lowest BCUT2D eigenvalue weighted by Crippen LogP contribution is -2.18. The van der Waals surface area contributed by atoms with Crippen molar-refractivity contribution in [3.63, 3.8) is 0 Å². The lowest BCUT2D eigenvalue weighted by molar-refractivity contribution is -0.114. The molecule has 2 aromatic carbocycles. The van der Waals surface area contributed by atoms with E-state index in [1.807, 2.05) is 6.92 Å². The quantitative estimate of drug-likeness (QED) is 0.766. The van der Waals surface area contributed by atoms with Crippen LogP contribution in [-0.4, -0.2) is 23.3 Å². The first-order chi connectivity index (χ1) is 11.4. The van der Waals surface area contributed by atoms with Crippen LogP contribution in [0.15, 0.2) is 42.5 Å². The summed E-state index contributed by atoms with van der Waals surface area (Å²) in [6.45, 7) is 1.87. The van der Waals surface area contributed by atoms with Gasteiger partial charge in [-0.25, -0.2) is 0 Å². The summed E-state index contributed by atoms with van der Waals surface area (Å²) in [5, 5.41) is 6.71. The number of aryl methyl sites for hydroxylation is 1. The predicted octanol–water partition coefficient (Wildman–Crippen LogP) is 4.61. The van der Waals surface area contributed by atoms with Crippen LogP contribution in [0.3, 0.4) is 0 Å². The van der Waals surface area contributed by atoms with Gasteiger partial charge in [-0.1, -0.05) is 29.3 Å². The Labute approximate surface area is 154 Å². The van der Waals surface area contributed by atoms with Crippen molar-refractivity contribution in [1.29, 1.82) is 0 Å². The average molecular weight is 383 g/mol. The lowest BCUT2D eigenvalue weighted by Gasteiger charge is -2.09. The van der Waals surface area contributed by atoms with Crippen LogP contribution in [0.2, 0.25) is 10.0 Å². The smallest absolute Gasteiger partial charge is 0.234 e. The molecule has 0 heterocycles. The normalized spacial score (nSPS) is 10.3. The molecule has 2 aromatic rings. The van der Waals surface area contributed by atoms with Gasteiger partial charge in [0.15, 0.2) is 0 Å². The summed E-state index contributed by atoms with van der Waals surface area (Å²) in [5.74, 6) is 0.0172. The molecule has 0 aromatic heterocycles. The van der Waals surface area contributed by atoms with Gasteiger partial charge >= 0.3 is 0 Å². The molecule has 0 aliphatic heterocycles. The van der Waals surface area contributed by atoms with Gasteiger partial charge in [-0.3, -0.25) is 9.59 Å². The molecule has 4 nitrogen and oxygen atoms in total.